The quantitative estimate of drug-likeness (QED) is 0.878. The van der Waals surface area contributed by atoms with E-state index in [-0.39, 0.29) is 5.56 Å². The topological polar surface area (TPSA) is 64.4 Å². The van der Waals surface area contributed by atoms with Crippen LogP contribution in [0.5, 0.6) is 5.75 Å². The highest BCUT2D eigenvalue weighted by Gasteiger charge is 2.05. The number of carboxylic acids is 1. The number of carbonyl (C=O) groups is 1. The maximum Gasteiger partial charge on any atom is 0.335 e. The van der Waals surface area contributed by atoms with Gasteiger partial charge in [-0.3, -0.25) is 0 Å². The van der Waals surface area contributed by atoms with E-state index >= 15 is 0 Å². The Morgan fingerprint density at radius 1 is 1.50 bits per heavy atom. The van der Waals surface area contributed by atoms with Gasteiger partial charge in [-0.2, -0.15) is 0 Å². The van der Waals surface area contributed by atoms with Crippen LogP contribution in [0.2, 0.25) is 0 Å². The lowest BCUT2D eigenvalue weighted by Gasteiger charge is -2.08. The van der Waals surface area contributed by atoms with Gasteiger partial charge in [0.05, 0.1) is 5.56 Å². The minimum absolute atomic E-state index is 0.214. The molecule has 0 saturated heterocycles. The summed E-state index contributed by atoms with van der Waals surface area (Å²) in [5.41, 5.74) is 0.214. The van der Waals surface area contributed by atoms with Crippen molar-refractivity contribution in [3.63, 3.8) is 0 Å². The maximum atomic E-state index is 10.8. The van der Waals surface area contributed by atoms with Gasteiger partial charge >= 0.3 is 5.97 Å². The van der Waals surface area contributed by atoms with E-state index in [0.29, 0.717) is 12.4 Å². The highest BCUT2D eigenvalue weighted by molar-refractivity contribution is 5.87. The second-order valence-electron chi connectivity index (χ2n) is 3.75. The third-order valence-corrected chi connectivity index (χ3v) is 2.59. The summed E-state index contributed by atoms with van der Waals surface area (Å²) in [5.74, 6) is 0.384. The molecular formula is C13H14N2O3. The normalized spacial score (nSPS) is 10.3. The molecule has 1 aromatic carbocycles. The molecule has 94 valence electrons. The van der Waals surface area contributed by atoms with Crippen molar-refractivity contribution >= 4 is 5.97 Å². The van der Waals surface area contributed by atoms with Crippen LogP contribution in [0.4, 0.5) is 0 Å². The Morgan fingerprint density at radius 2 is 2.33 bits per heavy atom. The minimum Gasteiger partial charge on any atom is -0.486 e. The SMILES string of the molecule is CCn1ccnc1COc1cccc(C(=O)O)c1. The van der Waals surface area contributed by atoms with Crippen LogP contribution in [0, 0.1) is 0 Å². The molecule has 0 aliphatic carbocycles. The first-order valence-corrected chi connectivity index (χ1v) is 5.67. The molecule has 5 nitrogen and oxygen atoms in total. The van der Waals surface area contributed by atoms with Crippen LogP contribution in [-0.4, -0.2) is 20.6 Å². The summed E-state index contributed by atoms with van der Waals surface area (Å²) in [6.07, 6.45) is 3.60. The fourth-order valence-corrected chi connectivity index (χ4v) is 1.63. The van der Waals surface area contributed by atoms with E-state index < -0.39 is 5.97 Å². The molecule has 0 radical (unpaired) electrons. The van der Waals surface area contributed by atoms with Crippen molar-refractivity contribution in [3.05, 3.63) is 48.0 Å². The zero-order valence-electron chi connectivity index (χ0n) is 10.0. The molecule has 0 fully saturated rings. The van der Waals surface area contributed by atoms with E-state index in [9.17, 15) is 4.79 Å². The Kier molecular flexibility index (Phi) is 3.62. The molecular weight excluding hydrogens is 232 g/mol. The Hall–Kier alpha value is -2.30. The van der Waals surface area contributed by atoms with Crippen molar-refractivity contribution in [2.24, 2.45) is 0 Å². The molecule has 0 saturated carbocycles. The van der Waals surface area contributed by atoms with Crippen LogP contribution in [0.3, 0.4) is 0 Å². The Bertz CT molecular complexity index is 549. The zero-order chi connectivity index (χ0) is 13.0. The number of hydrogen-bond donors (Lipinski definition) is 1. The van der Waals surface area contributed by atoms with E-state index in [2.05, 4.69) is 4.98 Å². The number of aromatic nitrogens is 2. The van der Waals surface area contributed by atoms with Crippen LogP contribution in [0.1, 0.15) is 23.1 Å². The Balaban J connectivity index is 2.06. The predicted octanol–water partition coefficient (Wildman–Crippen LogP) is 2.18. The lowest BCUT2D eigenvalue weighted by molar-refractivity contribution is 0.0696. The standard InChI is InChI=1S/C13H14N2O3/c1-2-15-7-6-14-12(15)9-18-11-5-3-4-10(8-11)13(16)17/h3-8H,2,9H2,1H3,(H,16,17). The van der Waals surface area contributed by atoms with E-state index in [1.807, 2.05) is 17.7 Å². The van der Waals surface area contributed by atoms with Gasteiger partial charge in [0, 0.05) is 18.9 Å². The lowest BCUT2D eigenvalue weighted by Crippen LogP contribution is -2.05. The first-order chi connectivity index (χ1) is 8.70. The predicted molar refractivity (Wildman–Crippen MR) is 65.6 cm³/mol. The van der Waals surface area contributed by atoms with Gasteiger partial charge in [-0.05, 0) is 25.1 Å². The van der Waals surface area contributed by atoms with Crippen LogP contribution in [-0.2, 0) is 13.2 Å². The molecule has 1 heterocycles. The van der Waals surface area contributed by atoms with E-state index in [0.717, 1.165) is 12.4 Å². The van der Waals surface area contributed by atoms with Crippen LogP contribution in [0.25, 0.3) is 0 Å². The third kappa shape index (κ3) is 2.68. The molecule has 0 unspecified atom stereocenters. The number of hydrogen-bond acceptors (Lipinski definition) is 3. The van der Waals surface area contributed by atoms with Gasteiger partial charge in [0.15, 0.2) is 0 Å². The molecule has 0 spiro atoms. The van der Waals surface area contributed by atoms with Crippen molar-refractivity contribution < 1.29 is 14.6 Å². The largest absolute Gasteiger partial charge is 0.486 e. The second kappa shape index (κ2) is 5.35. The minimum atomic E-state index is -0.962. The van der Waals surface area contributed by atoms with Crippen molar-refractivity contribution in [1.29, 1.82) is 0 Å². The van der Waals surface area contributed by atoms with Gasteiger partial charge in [-0.15, -0.1) is 0 Å². The summed E-state index contributed by atoms with van der Waals surface area (Å²) >= 11 is 0. The number of ether oxygens (including phenoxy) is 1. The molecule has 0 atom stereocenters. The molecule has 5 heteroatoms. The first-order valence-electron chi connectivity index (χ1n) is 5.67. The average Bonchev–Trinajstić information content (AvgIpc) is 2.84. The van der Waals surface area contributed by atoms with Crippen molar-refractivity contribution in [1.82, 2.24) is 9.55 Å². The van der Waals surface area contributed by atoms with Gasteiger partial charge in [-0.25, -0.2) is 9.78 Å². The van der Waals surface area contributed by atoms with Gasteiger partial charge in [0.2, 0.25) is 0 Å². The summed E-state index contributed by atoms with van der Waals surface area (Å²) in [4.78, 5) is 15.0. The van der Waals surface area contributed by atoms with Gasteiger partial charge in [-0.1, -0.05) is 6.07 Å². The number of imidazole rings is 1. The number of aromatic carboxylic acids is 1. The molecule has 0 aliphatic heterocycles. The van der Waals surface area contributed by atoms with E-state index in [1.165, 1.54) is 12.1 Å². The summed E-state index contributed by atoms with van der Waals surface area (Å²) < 4.78 is 7.51. The maximum absolute atomic E-state index is 10.8. The van der Waals surface area contributed by atoms with Crippen LogP contribution < -0.4 is 4.74 Å². The van der Waals surface area contributed by atoms with Crippen molar-refractivity contribution in [2.75, 3.05) is 0 Å². The Labute approximate surface area is 105 Å². The lowest BCUT2D eigenvalue weighted by atomic mass is 10.2. The van der Waals surface area contributed by atoms with Crippen LogP contribution >= 0.6 is 0 Å². The monoisotopic (exact) mass is 246 g/mol. The first kappa shape index (κ1) is 12.2. The molecule has 0 bridgehead atoms. The molecule has 0 amide bonds. The number of nitrogens with zero attached hydrogens (tertiary/aromatic N) is 2. The summed E-state index contributed by atoms with van der Waals surface area (Å²) in [6, 6.07) is 6.42. The molecule has 2 rings (SSSR count). The number of carboxylic acid groups (broad SMARTS) is 1. The molecule has 0 aliphatic rings. The second-order valence-corrected chi connectivity index (χ2v) is 3.75. The third-order valence-electron chi connectivity index (χ3n) is 2.59. The highest BCUT2D eigenvalue weighted by Crippen LogP contribution is 2.14. The summed E-state index contributed by atoms with van der Waals surface area (Å²) in [7, 11) is 0. The van der Waals surface area contributed by atoms with E-state index in [4.69, 9.17) is 9.84 Å². The summed E-state index contributed by atoms with van der Waals surface area (Å²) in [6.45, 7) is 3.17. The molecule has 18 heavy (non-hydrogen) atoms. The molecule has 1 aromatic heterocycles. The average molecular weight is 246 g/mol. The van der Waals surface area contributed by atoms with Gasteiger partial charge < -0.3 is 14.4 Å². The van der Waals surface area contributed by atoms with Crippen molar-refractivity contribution in [3.8, 4) is 5.75 Å². The fraction of sp³-hybridized carbons (Fsp3) is 0.231. The zero-order valence-corrected chi connectivity index (χ0v) is 10.0. The number of benzene rings is 1. The van der Waals surface area contributed by atoms with E-state index in [1.54, 1.807) is 18.3 Å². The van der Waals surface area contributed by atoms with Crippen molar-refractivity contribution in [2.45, 2.75) is 20.1 Å². The fourth-order valence-electron chi connectivity index (χ4n) is 1.63. The molecule has 2 aromatic rings. The van der Waals surface area contributed by atoms with Gasteiger partial charge in [0.1, 0.15) is 18.2 Å². The van der Waals surface area contributed by atoms with Crippen LogP contribution in [0.15, 0.2) is 36.7 Å². The smallest absolute Gasteiger partial charge is 0.335 e. The van der Waals surface area contributed by atoms with Gasteiger partial charge in [0.25, 0.3) is 0 Å². The Morgan fingerprint density at radius 3 is 3.06 bits per heavy atom. The highest BCUT2D eigenvalue weighted by atomic mass is 16.5. The summed E-state index contributed by atoms with van der Waals surface area (Å²) in [5, 5.41) is 8.87. The number of rotatable bonds is 5. The molecule has 1 N–H and O–H groups in total. The number of aryl methyl sites for hydroxylation is 1.